The lowest BCUT2D eigenvalue weighted by atomic mass is 10.1. The molecule has 0 aliphatic carbocycles. The van der Waals surface area contributed by atoms with E-state index >= 15 is 0 Å². The maximum absolute atomic E-state index is 5.67. The third-order valence-corrected chi connectivity index (χ3v) is 3.38. The van der Waals surface area contributed by atoms with Gasteiger partial charge in [0.2, 0.25) is 0 Å². The first-order valence-corrected chi connectivity index (χ1v) is 7.55. The maximum Gasteiger partial charge on any atom is 0.128 e. The van der Waals surface area contributed by atoms with Crippen LogP contribution in [-0.2, 0) is 11.3 Å². The van der Waals surface area contributed by atoms with Crippen molar-refractivity contribution in [3.63, 3.8) is 0 Å². The second kappa shape index (κ2) is 7.61. The van der Waals surface area contributed by atoms with Crippen LogP contribution in [-0.4, -0.2) is 32.1 Å². The number of benzene rings is 2. The van der Waals surface area contributed by atoms with E-state index in [0.717, 1.165) is 35.8 Å². The third-order valence-electron chi connectivity index (χ3n) is 3.38. The second-order valence-electron chi connectivity index (χ2n) is 5.07. The molecule has 0 fully saturated rings. The van der Waals surface area contributed by atoms with Gasteiger partial charge in [-0.15, -0.1) is 0 Å². The van der Waals surface area contributed by atoms with Gasteiger partial charge < -0.3 is 14.8 Å². The molecule has 0 bridgehead atoms. The van der Waals surface area contributed by atoms with E-state index in [4.69, 9.17) is 9.47 Å². The van der Waals surface area contributed by atoms with Crippen molar-refractivity contribution in [1.29, 1.82) is 0 Å². The average molecular weight is 296 g/mol. The fourth-order valence-corrected chi connectivity index (χ4v) is 2.32. The summed E-state index contributed by atoms with van der Waals surface area (Å²) in [4.78, 5) is 4.44. The Kier molecular flexibility index (Phi) is 5.05. The Morgan fingerprint density at radius 1 is 1.00 bits per heavy atom. The Morgan fingerprint density at radius 2 is 1.91 bits per heavy atom. The van der Waals surface area contributed by atoms with Crippen LogP contribution in [0.3, 0.4) is 0 Å². The minimum Gasteiger partial charge on any atom is -0.491 e. The molecule has 0 unspecified atom stereocenters. The van der Waals surface area contributed by atoms with Gasteiger partial charge in [0.25, 0.3) is 0 Å². The van der Waals surface area contributed by atoms with E-state index in [1.54, 1.807) is 0 Å². The molecule has 0 spiro atoms. The van der Waals surface area contributed by atoms with Crippen molar-refractivity contribution in [3.8, 4) is 5.75 Å². The quantitative estimate of drug-likeness (QED) is 0.799. The standard InChI is InChI=1S/C18H20N2O2/c1-2-7-17(8-3-1)22-12-11-21-14-15-5-4-6-16(13-15)18-19-9-10-20-18/h1-8,13H,9-12,14H2,(H,19,20). The molecule has 1 N–H and O–H groups in total. The van der Waals surface area contributed by atoms with Crippen LogP contribution >= 0.6 is 0 Å². The zero-order chi connectivity index (χ0) is 15.0. The van der Waals surface area contributed by atoms with Crippen LogP contribution in [0.4, 0.5) is 0 Å². The molecule has 1 aliphatic rings. The summed E-state index contributed by atoms with van der Waals surface area (Å²) in [7, 11) is 0. The number of amidine groups is 1. The number of aliphatic imine (C=N–C) groups is 1. The highest BCUT2D eigenvalue weighted by Crippen LogP contribution is 2.10. The van der Waals surface area contributed by atoms with Crippen molar-refractivity contribution in [2.24, 2.45) is 4.99 Å². The highest BCUT2D eigenvalue weighted by Gasteiger charge is 2.08. The monoisotopic (exact) mass is 296 g/mol. The van der Waals surface area contributed by atoms with Crippen molar-refractivity contribution in [2.45, 2.75) is 6.61 Å². The van der Waals surface area contributed by atoms with Gasteiger partial charge in [-0.1, -0.05) is 36.4 Å². The Hall–Kier alpha value is -2.33. The molecule has 4 heteroatoms. The van der Waals surface area contributed by atoms with Crippen LogP contribution in [0.2, 0.25) is 0 Å². The Balaban J connectivity index is 1.43. The maximum atomic E-state index is 5.67. The number of rotatable bonds is 7. The Labute approximate surface area is 130 Å². The van der Waals surface area contributed by atoms with Gasteiger partial charge in [0.15, 0.2) is 0 Å². The molecule has 3 rings (SSSR count). The van der Waals surface area contributed by atoms with Crippen molar-refractivity contribution in [1.82, 2.24) is 5.32 Å². The average Bonchev–Trinajstić information content (AvgIpc) is 3.10. The predicted octanol–water partition coefficient (Wildman–Crippen LogP) is 2.63. The summed E-state index contributed by atoms with van der Waals surface area (Å²) in [6.45, 7) is 3.48. The van der Waals surface area contributed by atoms with Gasteiger partial charge in [0, 0.05) is 12.1 Å². The van der Waals surface area contributed by atoms with Gasteiger partial charge >= 0.3 is 0 Å². The molecule has 114 valence electrons. The molecule has 22 heavy (non-hydrogen) atoms. The molecular formula is C18H20N2O2. The molecule has 1 aliphatic heterocycles. The largest absolute Gasteiger partial charge is 0.491 e. The normalized spacial score (nSPS) is 13.5. The van der Waals surface area contributed by atoms with Crippen LogP contribution in [0, 0.1) is 0 Å². The summed E-state index contributed by atoms with van der Waals surface area (Å²) >= 11 is 0. The van der Waals surface area contributed by atoms with E-state index in [2.05, 4.69) is 28.5 Å². The van der Waals surface area contributed by atoms with Crippen molar-refractivity contribution in [3.05, 3.63) is 65.7 Å². The summed E-state index contributed by atoms with van der Waals surface area (Å²) in [6, 6.07) is 18.1. The minimum absolute atomic E-state index is 0.554. The first kappa shape index (κ1) is 14.6. The van der Waals surface area contributed by atoms with Gasteiger partial charge in [0.1, 0.15) is 18.2 Å². The van der Waals surface area contributed by atoms with Crippen molar-refractivity contribution in [2.75, 3.05) is 26.3 Å². The van der Waals surface area contributed by atoms with Gasteiger partial charge in [-0.2, -0.15) is 0 Å². The highest BCUT2D eigenvalue weighted by molar-refractivity contribution is 5.99. The lowest BCUT2D eigenvalue weighted by molar-refractivity contribution is 0.0889. The molecule has 0 atom stereocenters. The summed E-state index contributed by atoms with van der Waals surface area (Å²) in [6.07, 6.45) is 0. The molecule has 2 aromatic carbocycles. The van der Waals surface area contributed by atoms with Crippen LogP contribution in [0.1, 0.15) is 11.1 Å². The zero-order valence-electron chi connectivity index (χ0n) is 12.5. The van der Waals surface area contributed by atoms with Gasteiger partial charge in [-0.05, 0) is 23.8 Å². The van der Waals surface area contributed by atoms with Crippen LogP contribution < -0.4 is 10.1 Å². The smallest absolute Gasteiger partial charge is 0.128 e. The fourth-order valence-electron chi connectivity index (χ4n) is 2.32. The summed E-state index contributed by atoms with van der Waals surface area (Å²) in [5.41, 5.74) is 2.27. The summed E-state index contributed by atoms with van der Waals surface area (Å²) < 4.78 is 11.3. The highest BCUT2D eigenvalue weighted by atomic mass is 16.5. The SMILES string of the molecule is c1ccc(OCCOCc2cccc(C3=NCCN3)c2)cc1. The molecule has 1 heterocycles. The number of ether oxygens (including phenoxy) is 2. The predicted molar refractivity (Wildman–Crippen MR) is 87.4 cm³/mol. The molecule has 0 saturated carbocycles. The molecule has 0 radical (unpaired) electrons. The van der Waals surface area contributed by atoms with E-state index in [-0.39, 0.29) is 0 Å². The number of para-hydroxylation sites is 1. The number of hydrogen-bond acceptors (Lipinski definition) is 4. The lowest BCUT2D eigenvalue weighted by Crippen LogP contribution is -2.19. The van der Waals surface area contributed by atoms with Gasteiger partial charge in [0.05, 0.1) is 19.8 Å². The molecular weight excluding hydrogens is 276 g/mol. The summed E-state index contributed by atoms with van der Waals surface area (Å²) in [5, 5.41) is 3.28. The lowest BCUT2D eigenvalue weighted by Gasteiger charge is -2.08. The van der Waals surface area contributed by atoms with Crippen molar-refractivity contribution < 1.29 is 9.47 Å². The van der Waals surface area contributed by atoms with Crippen LogP contribution in [0.5, 0.6) is 5.75 Å². The molecule has 0 aromatic heterocycles. The van der Waals surface area contributed by atoms with Crippen LogP contribution in [0.25, 0.3) is 0 Å². The van der Waals surface area contributed by atoms with E-state index in [1.807, 2.05) is 36.4 Å². The number of hydrogen-bond donors (Lipinski definition) is 1. The zero-order valence-corrected chi connectivity index (χ0v) is 12.5. The fraction of sp³-hybridized carbons (Fsp3) is 0.278. The first-order chi connectivity index (χ1) is 10.9. The Morgan fingerprint density at radius 3 is 2.73 bits per heavy atom. The van der Waals surface area contributed by atoms with Crippen LogP contribution in [0.15, 0.2) is 59.6 Å². The van der Waals surface area contributed by atoms with E-state index < -0.39 is 0 Å². The van der Waals surface area contributed by atoms with Gasteiger partial charge in [-0.25, -0.2) is 0 Å². The minimum atomic E-state index is 0.554. The third kappa shape index (κ3) is 4.09. The van der Waals surface area contributed by atoms with E-state index in [0.29, 0.717) is 19.8 Å². The molecule has 2 aromatic rings. The number of nitrogens with zero attached hydrogens (tertiary/aromatic N) is 1. The molecule has 0 amide bonds. The summed E-state index contributed by atoms with van der Waals surface area (Å²) in [5.74, 6) is 1.85. The van der Waals surface area contributed by atoms with Gasteiger partial charge in [-0.3, -0.25) is 4.99 Å². The van der Waals surface area contributed by atoms with E-state index in [9.17, 15) is 0 Å². The molecule has 0 saturated heterocycles. The topological polar surface area (TPSA) is 42.9 Å². The Bertz CT molecular complexity index is 626. The van der Waals surface area contributed by atoms with Crippen molar-refractivity contribution >= 4 is 5.84 Å². The second-order valence-corrected chi connectivity index (χ2v) is 5.07. The molecule has 4 nitrogen and oxygen atoms in total. The van der Waals surface area contributed by atoms with E-state index in [1.165, 1.54) is 0 Å². The first-order valence-electron chi connectivity index (χ1n) is 7.55. The number of nitrogens with one attached hydrogen (secondary N) is 1.